The SMILES string of the molecule is NC(=O)C1=N/C=C\NS(=O)(=O)\C=C/C=C\C=C/C=C\C=C/O/C=C\1. The number of carbonyl (C=O) groups is 1. The summed E-state index contributed by atoms with van der Waals surface area (Å²) in [6, 6.07) is 0. The molecule has 0 fully saturated rings. The molecule has 0 saturated carbocycles. The van der Waals surface area contributed by atoms with Crippen LogP contribution < -0.4 is 10.5 Å². The average Bonchev–Trinajstić information content (AvgIpc) is 2.52. The van der Waals surface area contributed by atoms with Crippen LogP contribution in [0.2, 0.25) is 0 Å². The number of sulfonamides is 1. The van der Waals surface area contributed by atoms with Crippen molar-refractivity contribution < 1.29 is 17.9 Å². The normalized spacial score (nSPS) is 29.4. The Balaban J connectivity index is 3.00. The minimum Gasteiger partial charge on any atom is -0.473 e. The summed E-state index contributed by atoms with van der Waals surface area (Å²) in [5.41, 5.74) is 5.05. The molecule has 0 aromatic rings. The first-order valence-electron chi connectivity index (χ1n) is 6.71. The van der Waals surface area contributed by atoms with Gasteiger partial charge in [-0.05, 0) is 12.2 Å². The minimum atomic E-state index is -3.65. The zero-order valence-electron chi connectivity index (χ0n) is 12.6. The van der Waals surface area contributed by atoms with Crippen LogP contribution in [0.4, 0.5) is 0 Å². The molecular formula is C16H17N3O4S. The van der Waals surface area contributed by atoms with Crippen LogP contribution in [-0.2, 0) is 19.6 Å². The van der Waals surface area contributed by atoms with Gasteiger partial charge in [-0.2, -0.15) is 0 Å². The molecule has 1 aliphatic heterocycles. The summed E-state index contributed by atoms with van der Waals surface area (Å²) >= 11 is 0. The van der Waals surface area contributed by atoms with Crippen molar-refractivity contribution in [2.45, 2.75) is 0 Å². The second-order valence-corrected chi connectivity index (χ2v) is 5.71. The van der Waals surface area contributed by atoms with Crippen LogP contribution >= 0.6 is 0 Å². The van der Waals surface area contributed by atoms with E-state index in [4.69, 9.17) is 10.5 Å². The van der Waals surface area contributed by atoms with Gasteiger partial charge < -0.3 is 10.5 Å². The smallest absolute Gasteiger partial charge is 0.267 e. The van der Waals surface area contributed by atoms with Gasteiger partial charge in [0, 0.05) is 18.5 Å². The molecule has 1 heterocycles. The maximum absolute atomic E-state index is 11.6. The van der Waals surface area contributed by atoms with E-state index in [9.17, 15) is 13.2 Å². The quantitative estimate of drug-likeness (QED) is 0.749. The number of aliphatic imine (C=N–C) groups is 1. The van der Waals surface area contributed by atoms with Gasteiger partial charge in [-0.25, -0.2) is 13.4 Å². The minimum absolute atomic E-state index is 0.103. The number of ether oxygens (including phenoxy) is 1. The van der Waals surface area contributed by atoms with E-state index in [-0.39, 0.29) is 5.71 Å². The predicted octanol–water partition coefficient (Wildman–Crippen LogP) is 1.54. The van der Waals surface area contributed by atoms with Gasteiger partial charge in [0.05, 0.1) is 17.9 Å². The third-order valence-corrected chi connectivity index (χ3v) is 3.25. The third-order valence-electron chi connectivity index (χ3n) is 2.27. The third kappa shape index (κ3) is 9.00. The molecule has 1 amide bonds. The summed E-state index contributed by atoms with van der Waals surface area (Å²) in [5, 5.41) is 0.987. The molecule has 0 saturated heterocycles. The Morgan fingerprint density at radius 2 is 1.62 bits per heavy atom. The lowest BCUT2D eigenvalue weighted by Gasteiger charge is -1.96. The summed E-state index contributed by atoms with van der Waals surface area (Å²) < 4.78 is 30.4. The van der Waals surface area contributed by atoms with Gasteiger partial charge in [-0.1, -0.05) is 36.5 Å². The highest BCUT2D eigenvalue weighted by atomic mass is 32.2. The van der Waals surface area contributed by atoms with Gasteiger partial charge in [-0.15, -0.1) is 0 Å². The first-order valence-corrected chi connectivity index (χ1v) is 8.26. The second-order valence-electron chi connectivity index (χ2n) is 4.11. The fourth-order valence-corrected chi connectivity index (χ4v) is 1.87. The van der Waals surface area contributed by atoms with E-state index in [1.54, 1.807) is 42.5 Å². The fraction of sp³-hybridized carbons (Fsp3) is 0. The Hall–Kier alpha value is -3.13. The standard InChI is InChI=1S/C16H17N3O4S/c17-16(20)15-9-13-23-12-7-5-3-1-2-4-6-8-14-24(21,22)19-11-10-18-15/h1-14,19H,(H2,17,20)/b2-1-,5-3-,6-4-,11-10-,12-7-,13-9-,14-8-,18-15+. The van der Waals surface area contributed by atoms with Crippen LogP contribution in [0.15, 0.2) is 90.0 Å². The maximum atomic E-state index is 11.6. The van der Waals surface area contributed by atoms with E-state index in [0.29, 0.717) is 0 Å². The zero-order chi connectivity index (χ0) is 17.7. The number of amides is 1. The lowest BCUT2D eigenvalue weighted by Crippen LogP contribution is -2.21. The van der Waals surface area contributed by atoms with Crippen molar-refractivity contribution in [2.75, 3.05) is 0 Å². The number of nitrogens with two attached hydrogens (primary N) is 1. The molecule has 1 aliphatic rings. The number of primary amides is 1. The van der Waals surface area contributed by atoms with Gasteiger partial charge in [-0.3, -0.25) is 9.52 Å². The molecule has 0 bridgehead atoms. The molecule has 0 unspecified atom stereocenters. The van der Waals surface area contributed by atoms with Gasteiger partial charge in [0.2, 0.25) is 0 Å². The Bertz CT molecular complexity index is 767. The molecule has 24 heavy (non-hydrogen) atoms. The number of allylic oxidation sites excluding steroid dienone is 8. The van der Waals surface area contributed by atoms with Crippen molar-refractivity contribution in [3.05, 3.63) is 85.0 Å². The first-order chi connectivity index (χ1) is 11.5. The molecule has 1 rings (SSSR count). The molecule has 3 N–H and O–H groups in total. The maximum Gasteiger partial charge on any atom is 0.267 e. The van der Waals surface area contributed by atoms with E-state index in [0.717, 1.165) is 17.8 Å². The first kappa shape index (κ1) is 18.9. The van der Waals surface area contributed by atoms with Crippen molar-refractivity contribution >= 4 is 21.6 Å². The predicted molar refractivity (Wildman–Crippen MR) is 93.7 cm³/mol. The van der Waals surface area contributed by atoms with E-state index < -0.39 is 15.9 Å². The lowest BCUT2D eigenvalue weighted by atomic mass is 10.3. The highest BCUT2D eigenvalue weighted by Crippen LogP contribution is 1.92. The van der Waals surface area contributed by atoms with E-state index >= 15 is 0 Å². The zero-order valence-corrected chi connectivity index (χ0v) is 13.5. The second kappa shape index (κ2) is 10.6. The Morgan fingerprint density at radius 3 is 2.29 bits per heavy atom. The summed E-state index contributed by atoms with van der Waals surface area (Å²) in [6.07, 6.45) is 19.3. The van der Waals surface area contributed by atoms with Crippen molar-refractivity contribution in [2.24, 2.45) is 10.7 Å². The van der Waals surface area contributed by atoms with Crippen LogP contribution in [0.5, 0.6) is 0 Å². The Kier molecular flexibility index (Phi) is 8.33. The fourth-order valence-electron chi connectivity index (χ4n) is 1.24. The highest BCUT2D eigenvalue weighted by Gasteiger charge is 2.01. The van der Waals surface area contributed by atoms with E-state index in [1.165, 1.54) is 24.7 Å². The van der Waals surface area contributed by atoms with Crippen molar-refractivity contribution in [3.63, 3.8) is 0 Å². The number of hydrogen-bond acceptors (Lipinski definition) is 5. The Labute approximate surface area is 140 Å². The molecular weight excluding hydrogens is 330 g/mol. The molecule has 0 radical (unpaired) electrons. The van der Waals surface area contributed by atoms with E-state index in [2.05, 4.69) is 9.71 Å². The highest BCUT2D eigenvalue weighted by molar-refractivity contribution is 7.92. The van der Waals surface area contributed by atoms with E-state index in [1.807, 2.05) is 0 Å². The van der Waals surface area contributed by atoms with Crippen LogP contribution in [-0.4, -0.2) is 20.0 Å². The number of hydrogen-bond donors (Lipinski definition) is 2. The summed E-state index contributed by atoms with van der Waals surface area (Å²) in [6.45, 7) is 0. The topological polar surface area (TPSA) is 111 Å². The molecule has 126 valence electrons. The molecule has 0 atom stereocenters. The molecule has 0 aromatic heterocycles. The van der Waals surface area contributed by atoms with Gasteiger partial charge in [0.15, 0.2) is 0 Å². The number of carbonyl (C=O) groups excluding carboxylic acids is 1. The van der Waals surface area contributed by atoms with Crippen LogP contribution in [0.25, 0.3) is 0 Å². The number of nitrogens with one attached hydrogen (secondary N) is 1. The molecule has 0 aromatic carbocycles. The van der Waals surface area contributed by atoms with Gasteiger partial charge >= 0.3 is 0 Å². The average molecular weight is 347 g/mol. The van der Waals surface area contributed by atoms with Crippen molar-refractivity contribution in [1.29, 1.82) is 0 Å². The van der Waals surface area contributed by atoms with Crippen LogP contribution in [0.3, 0.4) is 0 Å². The largest absolute Gasteiger partial charge is 0.473 e. The lowest BCUT2D eigenvalue weighted by molar-refractivity contribution is -0.111. The van der Waals surface area contributed by atoms with Gasteiger partial charge in [0.25, 0.3) is 15.9 Å². The monoisotopic (exact) mass is 347 g/mol. The number of nitrogens with zero attached hydrogens (tertiary/aromatic N) is 1. The molecule has 0 aliphatic carbocycles. The number of rotatable bonds is 1. The summed E-state index contributed by atoms with van der Waals surface area (Å²) in [4.78, 5) is 14.9. The molecule has 7 nitrogen and oxygen atoms in total. The van der Waals surface area contributed by atoms with Gasteiger partial charge in [0.1, 0.15) is 5.71 Å². The molecule has 0 spiro atoms. The molecule has 8 heteroatoms. The Morgan fingerprint density at radius 1 is 1.00 bits per heavy atom. The van der Waals surface area contributed by atoms with Crippen molar-refractivity contribution in [3.8, 4) is 0 Å². The summed E-state index contributed by atoms with van der Waals surface area (Å²) in [7, 11) is -3.65. The van der Waals surface area contributed by atoms with Crippen LogP contribution in [0, 0.1) is 0 Å². The van der Waals surface area contributed by atoms with Crippen molar-refractivity contribution in [1.82, 2.24) is 4.72 Å². The summed E-state index contributed by atoms with van der Waals surface area (Å²) in [5.74, 6) is -0.785. The van der Waals surface area contributed by atoms with Crippen LogP contribution in [0.1, 0.15) is 0 Å².